The lowest BCUT2D eigenvalue weighted by atomic mass is 10.1. The van der Waals surface area contributed by atoms with E-state index in [9.17, 15) is 9.59 Å². The molecule has 5 nitrogen and oxygen atoms in total. The van der Waals surface area contributed by atoms with E-state index in [2.05, 4.69) is 16.9 Å². The van der Waals surface area contributed by atoms with Crippen LogP contribution in [-0.2, 0) is 20.7 Å². The van der Waals surface area contributed by atoms with Gasteiger partial charge in [0.2, 0.25) is 0 Å². The lowest BCUT2D eigenvalue weighted by molar-refractivity contribution is -0.146. The molecule has 118 valence electrons. The van der Waals surface area contributed by atoms with Crippen molar-refractivity contribution in [3.8, 4) is 16.9 Å². The van der Waals surface area contributed by atoms with Crippen LogP contribution in [0.15, 0.2) is 42.5 Å². The highest BCUT2D eigenvalue weighted by Crippen LogP contribution is 2.40. The van der Waals surface area contributed by atoms with Crippen LogP contribution >= 0.6 is 0 Å². The Morgan fingerprint density at radius 2 is 1.87 bits per heavy atom. The van der Waals surface area contributed by atoms with E-state index in [4.69, 9.17) is 10.5 Å². The lowest BCUT2D eigenvalue weighted by Crippen LogP contribution is -2.35. The highest BCUT2D eigenvalue weighted by Gasteiger charge is 2.24. The van der Waals surface area contributed by atoms with Crippen molar-refractivity contribution in [1.29, 1.82) is 0 Å². The first-order valence-corrected chi connectivity index (χ1v) is 7.34. The SMILES string of the molecule is COC(=O)C(N)CC(=O)Oc1cccc2c1Cc1ccccc1-2. The second-order valence-electron chi connectivity index (χ2n) is 5.42. The number of carbonyl (C=O) groups excluding carboxylic acids is 2. The molecule has 1 aliphatic rings. The zero-order valence-corrected chi connectivity index (χ0v) is 12.7. The first-order chi connectivity index (χ1) is 11.1. The van der Waals surface area contributed by atoms with Crippen molar-refractivity contribution in [3.63, 3.8) is 0 Å². The Morgan fingerprint density at radius 1 is 1.13 bits per heavy atom. The second-order valence-corrected chi connectivity index (χ2v) is 5.42. The minimum Gasteiger partial charge on any atom is -0.468 e. The molecular weight excluding hydrogens is 294 g/mol. The number of ether oxygens (including phenoxy) is 2. The summed E-state index contributed by atoms with van der Waals surface area (Å²) in [6, 6.07) is 12.7. The van der Waals surface area contributed by atoms with Gasteiger partial charge in [0.1, 0.15) is 11.8 Å². The van der Waals surface area contributed by atoms with Crippen LogP contribution in [0.5, 0.6) is 5.75 Å². The maximum atomic E-state index is 12.0. The number of rotatable bonds is 4. The third-order valence-corrected chi connectivity index (χ3v) is 3.92. The first kappa shape index (κ1) is 15.2. The van der Waals surface area contributed by atoms with E-state index in [0.29, 0.717) is 5.75 Å². The molecule has 1 aliphatic carbocycles. The predicted molar refractivity (Wildman–Crippen MR) is 84.9 cm³/mol. The van der Waals surface area contributed by atoms with Crippen LogP contribution < -0.4 is 10.5 Å². The third kappa shape index (κ3) is 2.96. The highest BCUT2D eigenvalue weighted by molar-refractivity contribution is 5.85. The molecule has 0 fully saturated rings. The van der Waals surface area contributed by atoms with Crippen molar-refractivity contribution in [2.75, 3.05) is 7.11 Å². The zero-order valence-electron chi connectivity index (χ0n) is 12.7. The fourth-order valence-corrected chi connectivity index (χ4v) is 2.80. The molecule has 0 heterocycles. The van der Waals surface area contributed by atoms with Gasteiger partial charge in [0.25, 0.3) is 0 Å². The summed E-state index contributed by atoms with van der Waals surface area (Å²) in [5.74, 6) is -0.666. The van der Waals surface area contributed by atoms with Gasteiger partial charge in [-0.05, 0) is 22.8 Å². The highest BCUT2D eigenvalue weighted by atomic mass is 16.5. The number of esters is 2. The van der Waals surface area contributed by atoms with Crippen molar-refractivity contribution in [1.82, 2.24) is 0 Å². The van der Waals surface area contributed by atoms with Crippen molar-refractivity contribution >= 4 is 11.9 Å². The molecule has 0 saturated heterocycles. The van der Waals surface area contributed by atoms with Gasteiger partial charge >= 0.3 is 11.9 Å². The Hall–Kier alpha value is -2.66. The molecule has 0 amide bonds. The molecule has 1 atom stereocenters. The summed E-state index contributed by atoms with van der Waals surface area (Å²) >= 11 is 0. The second kappa shape index (κ2) is 6.22. The average Bonchev–Trinajstić information content (AvgIpc) is 2.94. The normalized spacial score (nSPS) is 13.0. The Bertz CT molecular complexity index is 769. The van der Waals surface area contributed by atoms with E-state index in [1.807, 2.05) is 24.3 Å². The van der Waals surface area contributed by atoms with Crippen LogP contribution in [-0.4, -0.2) is 25.1 Å². The van der Waals surface area contributed by atoms with Gasteiger partial charge in [0.15, 0.2) is 0 Å². The van der Waals surface area contributed by atoms with Crippen molar-refractivity contribution < 1.29 is 19.1 Å². The standard InChI is InChI=1S/C18H17NO4/c1-22-18(21)15(19)10-17(20)23-16-8-4-7-13-12-6-3-2-5-11(12)9-14(13)16/h2-8,15H,9-10,19H2,1H3. The molecular formula is C18H17NO4. The fourth-order valence-electron chi connectivity index (χ4n) is 2.80. The Labute approximate surface area is 134 Å². The van der Waals surface area contributed by atoms with Gasteiger partial charge in [0.05, 0.1) is 13.5 Å². The van der Waals surface area contributed by atoms with Crippen LogP contribution in [0.4, 0.5) is 0 Å². The van der Waals surface area contributed by atoms with Gasteiger partial charge in [0, 0.05) is 12.0 Å². The average molecular weight is 311 g/mol. The van der Waals surface area contributed by atoms with Crippen LogP contribution in [0.1, 0.15) is 17.5 Å². The monoisotopic (exact) mass is 311 g/mol. The smallest absolute Gasteiger partial charge is 0.323 e. The molecule has 0 aliphatic heterocycles. The maximum Gasteiger partial charge on any atom is 0.323 e. The van der Waals surface area contributed by atoms with E-state index in [1.165, 1.54) is 12.7 Å². The largest absolute Gasteiger partial charge is 0.468 e. The van der Waals surface area contributed by atoms with Crippen molar-refractivity contribution in [3.05, 3.63) is 53.6 Å². The quantitative estimate of drug-likeness (QED) is 0.589. The van der Waals surface area contributed by atoms with E-state index in [1.54, 1.807) is 6.07 Å². The number of hydrogen-bond acceptors (Lipinski definition) is 5. The van der Waals surface area contributed by atoms with Crippen LogP contribution in [0, 0.1) is 0 Å². The molecule has 2 aromatic carbocycles. The predicted octanol–water partition coefficient (Wildman–Crippen LogP) is 2.05. The number of hydrogen-bond donors (Lipinski definition) is 1. The molecule has 5 heteroatoms. The Morgan fingerprint density at radius 3 is 2.65 bits per heavy atom. The summed E-state index contributed by atoms with van der Waals surface area (Å²) < 4.78 is 9.93. The zero-order chi connectivity index (χ0) is 16.4. The summed E-state index contributed by atoms with van der Waals surface area (Å²) in [4.78, 5) is 23.3. The number of methoxy groups -OCH3 is 1. The number of carbonyl (C=O) groups is 2. The fraction of sp³-hybridized carbons (Fsp3) is 0.222. The number of fused-ring (bicyclic) bond motifs is 3. The van der Waals surface area contributed by atoms with Crippen molar-refractivity contribution in [2.24, 2.45) is 5.73 Å². The molecule has 2 N–H and O–H groups in total. The topological polar surface area (TPSA) is 78.6 Å². The van der Waals surface area contributed by atoms with Gasteiger partial charge in [-0.25, -0.2) is 0 Å². The summed E-state index contributed by atoms with van der Waals surface area (Å²) in [6.45, 7) is 0. The Balaban J connectivity index is 1.79. The van der Waals surface area contributed by atoms with E-state index < -0.39 is 18.0 Å². The van der Waals surface area contributed by atoms with Gasteiger partial charge in [-0.2, -0.15) is 0 Å². The molecule has 0 aromatic heterocycles. The minimum atomic E-state index is -1.01. The van der Waals surface area contributed by atoms with E-state index in [0.717, 1.165) is 23.1 Å². The molecule has 0 bridgehead atoms. The summed E-state index contributed by atoms with van der Waals surface area (Å²) in [6.07, 6.45) is 0.501. The molecule has 1 unspecified atom stereocenters. The maximum absolute atomic E-state index is 12.0. The van der Waals surface area contributed by atoms with E-state index >= 15 is 0 Å². The Kier molecular flexibility index (Phi) is 4.12. The number of nitrogens with two attached hydrogens (primary N) is 1. The van der Waals surface area contributed by atoms with E-state index in [-0.39, 0.29) is 6.42 Å². The summed E-state index contributed by atoms with van der Waals surface area (Å²) in [7, 11) is 1.23. The van der Waals surface area contributed by atoms with Crippen LogP contribution in [0.3, 0.4) is 0 Å². The summed E-state index contributed by atoms with van der Waals surface area (Å²) in [5.41, 5.74) is 10.0. The number of benzene rings is 2. The minimum absolute atomic E-state index is 0.219. The van der Waals surface area contributed by atoms with Crippen LogP contribution in [0.2, 0.25) is 0 Å². The van der Waals surface area contributed by atoms with Gasteiger partial charge < -0.3 is 15.2 Å². The lowest BCUT2D eigenvalue weighted by Gasteiger charge is -2.11. The van der Waals surface area contributed by atoms with Crippen LogP contribution in [0.25, 0.3) is 11.1 Å². The molecule has 23 heavy (non-hydrogen) atoms. The van der Waals surface area contributed by atoms with Gasteiger partial charge in [-0.1, -0.05) is 36.4 Å². The third-order valence-electron chi connectivity index (χ3n) is 3.92. The molecule has 0 saturated carbocycles. The van der Waals surface area contributed by atoms with Gasteiger partial charge in [-0.15, -0.1) is 0 Å². The molecule has 0 spiro atoms. The first-order valence-electron chi connectivity index (χ1n) is 7.34. The summed E-state index contributed by atoms with van der Waals surface area (Å²) in [5, 5.41) is 0. The van der Waals surface area contributed by atoms with Crippen molar-refractivity contribution in [2.45, 2.75) is 18.9 Å². The molecule has 0 radical (unpaired) electrons. The molecule has 3 rings (SSSR count). The molecule has 2 aromatic rings. The van der Waals surface area contributed by atoms with Gasteiger partial charge in [-0.3, -0.25) is 9.59 Å².